The lowest BCUT2D eigenvalue weighted by atomic mass is 9.66. The third-order valence-electron chi connectivity index (χ3n) is 30.2. The summed E-state index contributed by atoms with van der Waals surface area (Å²) in [5, 5.41) is 72.8. The Hall–Kier alpha value is -8.72. The summed E-state index contributed by atoms with van der Waals surface area (Å²) in [5.41, 5.74) is 15.1. The Bertz CT molecular complexity index is 7390. The molecule has 0 amide bonds. The first-order chi connectivity index (χ1) is 38.8. The third-order valence-corrected chi connectivity index (χ3v) is 30.2. The van der Waals surface area contributed by atoms with E-state index < -0.39 is 32.5 Å². The molecule has 2 nitrogen and oxygen atoms in total. The van der Waals surface area contributed by atoms with Crippen LogP contribution in [0.25, 0.3) is 259 Å². The van der Waals surface area contributed by atoms with Crippen LogP contribution in [0, 0.1) is 10.8 Å². The molecule has 0 aromatic heterocycles. The molecule has 0 saturated heterocycles. The Balaban J connectivity index is 1.07. The molecule has 12 bridgehead atoms. The van der Waals surface area contributed by atoms with Gasteiger partial charge in [0.2, 0.25) is 0 Å². The first-order valence-electron chi connectivity index (χ1n) is 29.8. The fourth-order valence-electron chi connectivity index (χ4n) is 30.3. The van der Waals surface area contributed by atoms with Crippen LogP contribution in [-0.2, 0) is 44.1 Å². The quantitative estimate of drug-likeness (QED) is 0.128. The Morgan fingerprint density at radius 1 is 0.231 bits per heavy atom. The van der Waals surface area contributed by atoms with Gasteiger partial charge in [-0.3, -0.25) is 0 Å². The van der Waals surface area contributed by atoms with Crippen molar-refractivity contribution in [1.82, 2.24) is 0 Å². The summed E-state index contributed by atoms with van der Waals surface area (Å²) in [4.78, 5) is 32.6. The smallest absolute Gasteiger partial charge is 0.128 e. The Morgan fingerprint density at radius 3 is 0.615 bits per heavy atom. The number of hydrogen-bond acceptors (Lipinski definition) is 2. The molecule has 0 heterocycles. The normalized spacial score (nSPS) is 30.7. The van der Waals surface area contributed by atoms with Crippen LogP contribution < -0.4 is 0 Å². The molecular weight excluding hydrogens is 945 g/mol. The van der Waals surface area contributed by atoms with Crippen molar-refractivity contribution in [2.24, 2.45) is 10.8 Å². The van der Waals surface area contributed by atoms with Crippen LogP contribution >= 0.6 is 0 Å². The Kier molecular flexibility index (Phi) is 2.64. The molecule has 3 unspecified atom stereocenters. The number of carbonyl (C=O) groups excluding carboxylic acids is 2. The second-order valence-corrected chi connectivity index (χ2v) is 29.7. The lowest BCUT2D eigenvalue weighted by molar-refractivity contribution is -0.114. The van der Waals surface area contributed by atoms with E-state index in [1.807, 2.05) is 0 Å². The van der Waals surface area contributed by atoms with Crippen molar-refractivity contribution >= 4 is 260 Å². The fraction of sp³-hybridized carbons (Fsp3) is 0.158. The van der Waals surface area contributed by atoms with Crippen LogP contribution in [-0.4, -0.2) is 12.6 Å². The van der Waals surface area contributed by atoms with Gasteiger partial charge < -0.3 is 9.59 Å². The van der Waals surface area contributed by atoms with E-state index in [0.29, 0.717) is 0 Å². The monoisotopic (exact) mass is 962 g/mol. The molecule has 25 aromatic carbocycles. The maximum atomic E-state index is 16.3. The van der Waals surface area contributed by atoms with Crippen LogP contribution in [0.15, 0.2) is 24.3 Å². The lowest BCUT2D eigenvalue weighted by Crippen LogP contribution is -2.28. The molecule has 39 rings (SSSR count). The number of hydrogen-bond donors (Lipinski definition) is 0. The standard InChI is InChI=1S/C76H18O2/c77-11-71-9-1-3-13-5-7-14(8-6-13)4-2-10-72(12-78)74-65-51-43-32-24-17-15-16-18-23(17)36(43)44-33-25(18)22-27-20(16)29-28-19(15)26-21(24)30-37-45-34(26)39(28)49-50-40(29)35(27)46-38-31(22)42(33)54-58-48(38)60-56(46)64(50)73(71)63(49)55(45)59-47(37)57(53(65)41(30)32)67(74)61-62(70(60)76(71,73)69(59)61)68(58)75(72,74)66(54)52(44)51/h5-8,11-12H,1-4,9-10H2. The highest BCUT2D eigenvalue weighted by Crippen LogP contribution is 3.02. The van der Waals surface area contributed by atoms with Crippen LogP contribution in [0.2, 0.25) is 0 Å². The number of benzene rings is 17. The van der Waals surface area contributed by atoms with Gasteiger partial charge in [0.1, 0.15) is 12.6 Å². The largest absolute Gasteiger partial charge is 0.303 e. The van der Waals surface area contributed by atoms with Crippen molar-refractivity contribution in [3.63, 3.8) is 0 Å². The van der Waals surface area contributed by atoms with Crippen molar-refractivity contribution in [3.05, 3.63) is 79.9 Å². The van der Waals surface area contributed by atoms with E-state index >= 15 is 9.59 Å². The van der Waals surface area contributed by atoms with Gasteiger partial charge in [0.25, 0.3) is 0 Å². The molecule has 0 radical (unpaired) electrons. The minimum atomic E-state index is -0.680. The van der Waals surface area contributed by atoms with Crippen LogP contribution in [0.1, 0.15) is 81.3 Å². The minimum Gasteiger partial charge on any atom is -0.303 e. The fourth-order valence-corrected chi connectivity index (χ4v) is 30.3. The van der Waals surface area contributed by atoms with Crippen molar-refractivity contribution < 1.29 is 9.59 Å². The van der Waals surface area contributed by atoms with Crippen LogP contribution in [0.3, 0.4) is 0 Å². The summed E-state index contributed by atoms with van der Waals surface area (Å²) in [6, 6.07) is 9.68. The highest BCUT2D eigenvalue weighted by atomic mass is 16.1. The van der Waals surface area contributed by atoms with Crippen molar-refractivity contribution in [3.8, 4) is 11.1 Å². The zero-order chi connectivity index (χ0) is 47.0. The second kappa shape index (κ2) is 6.79. The summed E-state index contributed by atoms with van der Waals surface area (Å²) in [6.07, 6.45) is 9.00. The summed E-state index contributed by atoms with van der Waals surface area (Å²) in [5.74, 6) is 0. The number of rotatable bonds is 2. The molecule has 78 heavy (non-hydrogen) atoms. The topological polar surface area (TPSA) is 34.1 Å². The number of carbonyl (C=O) groups is 2. The van der Waals surface area contributed by atoms with E-state index in [4.69, 9.17) is 0 Å². The third kappa shape index (κ3) is 1.53. The molecule has 14 aliphatic carbocycles. The molecule has 25 aromatic rings. The van der Waals surface area contributed by atoms with Gasteiger partial charge in [-0.1, -0.05) is 24.3 Å². The number of aryl methyl sites for hydroxylation is 2. The Morgan fingerprint density at radius 2 is 0.397 bits per heavy atom. The lowest BCUT2D eigenvalue weighted by Gasteiger charge is -2.34. The molecule has 334 valence electrons. The molecule has 0 N–H and O–H groups in total. The summed E-state index contributed by atoms with van der Waals surface area (Å²) < 4.78 is 0. The maximum Gasteiger partial charge on any atom is 0.128 e. The molecular formula is C76H18O2. The predicted molar refractivity (Wildman–Crippen MR) is 315 cm³/mol. The van der Waals surface area contributed by atoms with E-state index in [0.717, 1.165) is 38.5 Å². The van der Waals surface area contributed by atoms with Gasteiger partial charge in [0.05, 0.1) is 32.5 Å². The van der Waals surface area contributed by atoms with Gasteiger partial charge in [-0.25, -0.2) is 0 Å². The number of aldehydes is 2. The average Bonchev–Trinajstić information content (AvgIpc) is 1.42. The molecule has 2 heteroatoms. The molecule has 14 aliphatic rings. The second-order valence-electron chi connectivity index (χ2n) is 29.7. The van der Waals surface area contributed by atoms with Gasteiger partial charge in [-0.2, -0.15) is 0 Å². The minimum absolute atomic E-state index is 0.519. The van der Waals surface area contributed by atoms with E-state index in [2.05, 4.69) is 24.3 Å². The van der Waals surface area contributed by atoms with Crippen molar-refractivity contribution in [1.29, 1.82) is 0 Å². The molecule has 3 atom stereocenters. The van der Waals surface area contributed by atoms with Crippen molar-refractivity contribution in [2.45, 2.75) is 60.2 Å². The van der Waals surface area contributed by atoms with Gasteiger partial charge in [-0.15, -0.1) is 0 Å². The summed E-state index contributed by atoms with van der Waals surface area (Å²) in [7, 11) is 0. The van der Waals surface area contributed by atoms with E-state index in [-0.39, 0.29) is 0 Å². The zero-order valence-corrected chi connectivity index (χ0v) is 40.5. The molecule has 2 fully saturated rings. The van der Waals surface area contributed by atoms with Gasteiger partial charge in [0.15, 0.2) is 0 Å². The van der Waals surface area contributed by atoms with E-state index in [1.165, 1.54) is 11.1 Å². The molecule has 4 spiro atoms. The summed E-state index contributed by atoms with van der Waals surface area (Å²) in [6.45, 7) is 0. The van der Waals surface area contributed by atoms with Gasteiger partial charge in [-0.05, 0) is 353 Å². The van der Waals surface area contributed by atoms with Crippen molar-refractivity contribution in [2.75, 3.05) is 0 Å². The first kappa shape index (κ1) is 30.3. The highest BCUT2D eigenvalue weighted by molar-refractivity contribution is 6.79. The molecule has 0 aliphatic heterocycles. The molecule has 2 saturated carbocycles. The first-order valence-corrected chi connectivity index (χ1v) is 29.8. The van der Waals surface area contributed by atoms with Gasteiger partial charge in [0, 0.05) is 0 Å². The summed E-state index contributed by atoms with van der Waals surface area (Å²) >= 11 is 0. The van der Waals surface area contributed by atoms with Crippen LogP contribution in [0.5, 0.6) is 0 Å². The maximum absolute atomic E-state index is 16.3. The predicted octanol–water partition coefficient (Wildman–Crippen LogP) is 17.6. The van der Waals surface area contributed by atoms with E-state index in [1.54, 1.807) is 316 Å². The Labute approximate surface area is 429 Å². The SMILES string of the molecule is O=CC12CCCc3ccc(cc3)CCCC3(C=O)C45c6c7c8c9c%10c%11c%12c%13c%14c%15c%16c(c-7c4c4c7c%17c%18c%19c(c%20c6c9c6c%20c9c%19c%19c%20c%18c%18c7c(c4%16)c4c%15c7c%13c%13c%12c%12c%10c6c6c9c%19c9c(c%126)c%13c6c7c4c%18c%20c69)C%1735)C%141C8%112. The van der Waals surface area contributed by atoms with Crippen LogP contribution in [0.4, 0.5) is 0 Å². The average molecular weight is 963 g/mol. The van der Waals surface area contributed by atoms with E-state index in [9.17, 15) is 0 Å². The zero-order valence-electron chi connectivity index (χ0n) is 40.5. The van der Waals surface area contributed by atoms with Gasteiger partial charge >= 0.3 is 0 Å². The highest BCUT2D eigenvalue weighted by Gasteiger charge is 2.99.